The molecular weight excluding hydrogens is 86.1 g/mol. The van der Waals surface area contributed by atoms with Gasteiger partial charge in [0.2, 0.25) is 0 Å². The molecule has 0 aliphatic heterocycles. The summed E-state index contributed by atoms with van der Waals surface area (Å²) in [6.07, 6.45) is 2.95. The Kier molecular flexibility index (Phi) is 3.29. The molecule has 0 aromatic heterocycles. The molecule has 7 heavy (non-hydrogen) atoms. The van der Waals surface area contributed by atoms with Gasteiger partial charge in [0.1, 0.15) is 0 Å². The lowest BCUT2D eigenvalue weighted by atomic mass is 10.3. The van der Waals surface area contributed by atoms with E-state index in [1.807, 2.05) is 13.0 Å². The fourth-order valence-electron chi connectivity index (χ4n) is 0.407. The second kappa shape index (κ2) is 3.59. The minimum atomic E-state index is 0.986. The van der Waals surface area contributed by atoms with Crippen molar-refractivity contribution in [1.82, 2.24) is 0 Å². The lowest BCUT2D eigenvalue weighted by Gasteiger charge is -1.87. The van der Waals surface area contributed by atoms with Crippen LogP contribution >= 0.6 is 0 Å². The highest BCUT2D eigenvalue weighted by atomic mass is 14.7. The number of nitrogens with zero attached hydrogens (tertiary/aromatic N) is 1. The van der Waals surface area contributed by atoms with E-state index in [9.17, 15) is 0 Å². The fourth-order valence-corrected chi connectivity index (χ4v) is 0.407. The normalized spacial score (nSPS) is 11.4. The molecule has 0 bridgehead atoms. The van der Waals surface area contributed by atoms with Crippen molar-refractivity contribution in [1.29, 1.82) is 0 Å². The summed E-state index contributed by atoms with van der Waals surface area (Å²) >= 11 is 0. The van der Waals surface area contributed by atoms with Gasteiger partial charge in [-0.15, -0.1) is 0 Å². The zero-order valence-electron chi connectivity index (χ0n) is 4.94. The molecule has 0 amide bonds. The summed E-state index contributed by atoms with van der Waals surface area (Å²) in [6.45, 7) is 7.41. The van der Waals surface area contributed by atoms with E-state index in [1.165, 1.54) is 0 Å². The molecule has 0 aliphatic rings. The molecule has 0 saturated carbocycles. The third kappa shape index (κ3) is 2.15. The number of hydrogen-bond donors (Lipinski definition) is 0. The van der Waals surface area contributed by atoms with Crippen LogP contribution in [-0.4, -0.2) is 6.72 Å². The van der Waals surface area contributed by atoms with Crippen molar-refractivity contribution in [3.8, 4) is 0 Å². The smallest absolute Gasteiger partial charge is 0.0351 e. The molecule has 0 N–H and O–H groups in total. The second-order valence-corrected chi connectivity index (χ2v) is 1.29. The van der Waals surface area contributed by atoms with Gasteiger partial charge in [0.15, 0.2) is 0 Å². The number of rotatable bonds is 2. The van der Waals surface area contributed by atoms with Crippen molar-refractivity contribution in [2.24, 2.45) is 4.99 Å². The van der Waals surface area contributed by atoms with Crippen LogP contribution in [0.15, 0.2) is 16.8 Å². The molecule has 0 atom stereocenters. The van der Waals surface area contributed by atoms with E-state index < -0.39 is 0 Å². The van der Waals surface area contributed by atoms with Crippen LogP contribution in [0.4, 0.5) is 0 Å². The van der Waals surface area contributed by atoms with Crippen LogP contribution in [0.1, 0.15) is 20.3 Å². The molecule has 0 radical (unpaired) electrons. The minimum Gasteiger partial charge on any atom is -0.269 e. The first-order chi connectivity index (χ1) is 3.35. The van der Waals surface area contributed by atoms with E-state index in [-0.39, 0.29) is 0 Å². The van der Waals surface area contributed by atoms with Crippen LogP contribution in [0.25, 0.3) is 0 Å². The van der Waals surface area contributed by atoms with Crippen molar-refractivity contribution in [3.63, 3.8) is 0 Å². The minimum absolute atomic E-state index is 0.986. The quantitative estimate of drug-likeness (QED) is 0.467. The van der Waals surface area contributed by atoms with E-state index in [1.54, 1.807) is 0 Å². The average Bonchev–Trinajstić information content (AvgIpc) is 1.72. The van der Waals surface area contributed by atoms with Gasteiger partial charge in [0.05, 0.1) is 0 Å². The molecule has 0 unspecified atom stereocenters. The summed E-state index contributed by atoms with van der Waals surface area (Å²) in [5, 5.41) is 0. The molecule has 0 heterocycles. The SMILES string of the molecule is C=N/C(=C/C)CC. The maximum atomic E-state index is 3.74. The van der Waals surface area contributed by atoms with Crippen LogP contribution in [0.5, 0.6) is 0 Å². The van der Waals surface area contributed by atoms with Gasteiger partial charge in [-0.05, 0) is 20.1 Å². The van der Waals surface area contributed by atoms with E-state index >= 15 is 0 Å². The lowest BCUT2D eigenvalue weighted by molar-refractivity contribution is 1.07. The first-order valence-electron chi connectivity index (χ1n) is 2.47. The predicted molar refractivity (Wildman–Crippen MR) is 33.6 cm³/mol. The molecule has 0 rings (SSSR count). The van der Waals surface area contributed by atoms with Crippen LogP contribution in [0.2, 0.25) is 0 Å². The zero-order valence-corrected chi connectivity index (χ0v) is 4.94. The van der Waals surface area contributed by atoms with Crippen molar-refractivity contribution in [2.75, 3.05) is 0 Å². The van der Waals surface area contributed by atoms with Gasteiger partial charge in [-0.25, -0.2) is 0 Å². The molecule has 0 aromatic rings. The van der Waals surface area contributed by atoms with Crippen LogP contribution in [0, 0.1) is 0 Å². The van der Waals surface area contributed by atoms with E-state index in [2.05, 4.69) is 18.6 Å². The third-order valence-corrected chi connectivity index (χ3v) is 0.899. The molecular formula is C6H11N. The van der Waals surface area contributed by atoms with Crippen molar-refractivity contribution >= 4 is 6.72 Å². The molecule has 0 aromatic carbocycles. The van der Waals surface area contributed by atoms with Crippen molar-refractivity contribution in [2.45, 2.75) is 20.3 Å². The molecule has 40 valence electrons. The van der Waals surface area contributed by atoms with Gasteiger partial charge in [-0.2, -0.15) is 0 Å². The van der Waals surface area contributed by atoms with Crippen LogP contribution < -0.4 is 0 Å². The summed E-state index contributed by atoms with van der Waals surface area (Å²) in [4.78, 5) is 3.74. The topological polar surface area (TPSA) is 12.4 Å². The van der Waals surface area contributed by atoms with Gasteiger partial charge >= 0.3 is 0 Å². The summed E-state index contributed by atoms with van der Waals surface area (Å²) in [6, 6.07) is 0. The number of aliphatic imine (C=N–C) groups is 1. The highest BCUT2D eigenvalue weighted by molar-refractivity contribution is 5.28. The molecule has 0 saturated heterocycles. The molecule has 1 nitrogen and oxygen atoms in total. The standard InChI is InChI=1S/C6H11N/c1-4-6(5-2)7-3/h4H,3,5H2,1-2H3/b6-4+. The maximum Gasteiger partial charge on any atom is 0.0351 e. The number of hydrogen-bond acceptors (Lipinski definition) is 1. The summed E-state index contributed by atoms with van der Waals surface area (Å²) in [7, 11) is 0. The highest BCUT2D eigenvalue weighted by Crippen LogP contribution is 1.97. The van der Waals surface area contributed by atoms with E-state index in [4.69, 9.17) is 0 Å². The monoisotopic (exact) mass is 97.1 g/mol. The Morgan fingerprint density at radius 1 is 1.86 bits per heavy atom. The molecule has 0 spiro atoms. The fraction of sp³-hybridized carbons (Fsp3) is 0.500. The Bertz CT molecular complexity index is 82.2. The molecule has 1 heteroatoms. The Morgan fingerprint density at radius 3 is 2.43 bits per heavy atom. The highest BCUT2D eigenvalue weighted by Gasteiger charge is 1.78. The van der Waals surface area contributed by atoms with Gasteiger partial charge < -0.3 is 0 Å². The second-order valence-electron chi connectivity index (χ2n) is 1.29. The van der Waals surface area contributed by atoms with Crippen molar-refractivity contribution < 1.29 is 0 Å². The van der Waals surface area contributed by atoms with Gasteiger partial charge in [-0.3, -0.25) is 4.99 Å². The molecule has 0 aliphatic carbocycles. The largest absolute Gasteiger partial charge is 0.269 e. The Morgan fingerprint density at radius 2 is 2.43 bits per heavy atom. The van der Waals surface area contributed by atoms with E-state index in [0.717, 1.165) is 12.1 Å². The van der Waals surface area contributed by atoms with Crippen LogP contribution in [0.3, 0.4) is 0 Å². The summed E-state index contributed by atoms with van der Waals surface area (Å²) in [5.41, 5.74) is 1.07. The predicted octanol–water partition coefficient (Wildman–Crippen LogP) is 2.00. The van der Waals surface area contributed by atoms with E-state index in [0.29, 0.717) is 0 Å². The zero-order chi connectivity index (χ0) is 5.70. The Hall–Kier alpha value is -0.590. The number of allylic oxidation sites excluding steroid dienone is 2. The molecule has 0 fully saturated rings. The Labute approximate surface area is 44.8 Å². The maximum absolute atomic E-state index is 3.74. The lowest BCUT2D eigenvalue weighted by Crippen LogP contribution is -1.68. The van der Waals surface area contributed by atoms with Gasteiger partial charge in [-0.1, -0.05) is 13.0 Å². The first kappa shape index (κ1) is 6.41. The van der Waals surface area contributed by atoms with Gasteiger partial charge in [0, 0.05) is 5.70 Å². The van der Waals surface area contributed by atoms with Crippen molar-refractivity contribution in [3.05, 3.63) is 11.8 Å². The Balaban J connectivity index is 3.60. The third-order valence-electron chi connectivity index (χ3n) is 0.899. The van der Waals surface area contributed by atoms with Gasteiger partial charge in [0.25, 0.3) is 0 Å². The summed E-state index contributed by atoms with van der Waals surface area (Å²) < 4.78 is 0. The summed E-state index contributed by atoms with van der Waals surface area (Å²) in [5.74, 6) is 0. The average molecular weight is 97.2 g/mol. The first-order valence-corrected chi connectivity index (χ1v) is 2.47. The van der Waals surface area contributed by atoms with Crippen LogP contribution in [-0.2, 0) is 0 Å².